The third-order valence-electron chi connectivity index (χ3n) is 2.29. The van der Waals surface area contributed by atoms with Crippen molar-refractivity contribution in [2.45, 2.75) is 26.3 Å². The zero-order valence-electron chi connectivity index (χ0n) is 7.28. The summed E-state index contributed by atoms with van der Waals surface area (Å²) in [6, 6.07) is -0.161. The summed E-state index contributed by atoms with van der Waals surface area (Å²) >= 11 is 0. The van der Waals surface area contributed by atoms with Crippen LogP contribution in [0.4, 0.5) is 4.79 Å². The van der Waals surface area contributed by atoms with E-state index in [0.29, 0.717) is 13.0 Å². The third-order valence-corrected chi connectivity index (χ3v) is 2.29. The highest BCUT2D eigenvalue weighted by atomic mass is 16.4. The fourth-order valence-electron chi connectivity index (χ4n) is 1.45. The lowest BCUT2D eigenvalue weighted by molar-refractivity contribution is -0.126. The number of amides is 1. The van der Waals surface area contributed by atoms with Gasteiger partial charge in [-0.3, -0.25) is 4.79 Å². The van der Waals surface area contributed by atoms with Crippen molar-refractivity contribution < 1.29 is 14.7 Å². The number of ketones is 1. The Kier molecular flexibility index (Phi) is 2.35. The molecule has 1 amide bonds. The number of Topliss-reactive ketones (excluding diaryl/α,β-unsaturated/α-hetero) is 1. The second-order valence-electron chi connectivity index (χ2n) is 3.36. The van der Waals surface area contributed by atoms with E-state index in [0.717, 1.165) is 0 Å². The minimum absolute atomic E-state index is 0.141. The first-order chi connectivity index (χ1) is 5.52. The summed E-state index contributed by atoms with van der Waals surface area (Å²) in [7, 11) is 0. The third kappa shape index (κ3) is 1.57. The summed E-state index contributed by atoms with van der Waals surface area (Å²) in [5.74, 6) is 0.0253. The average molecular weight is 171 g/mol. The lowest BCUT2D eigenvalue weighted by Gasteiger charge is -2.33. The van der Waals surface area contributed by atoms with Crippen LogP contribution in [0.15, 0.2) is 0 Å². The van der Waals surface area contributed by atoms with E-state index in [1.165, 1.54) is 4.90 Å². The molecule has 1 N–H and O–H groups in total. The van der Waals surface area contributed by atoms with E-state index in [4.69, 9.17) is 5.11 Å². The standard InChI is InChI=1S/C8H13NO3/c1-5-4-9(8(11)12)6(2)3-7(5)10/h5-6H,3-4H2,1-2H3,(H,11,12)/t5-,6+/m0/s1. The molecule has 0 radical (unpaired) electrons. The number of likely N-dealkylation sites (tertiary alicyclic amines) is 1. The Balaban J connectivity index is 2.67. The van der Waals surface area contributed by atoms with Crippen LogP contribution in [-0.4, -0.2) is 34.5 Å². The molecule has 0 aliphatic carbocycles. The zero-order chi connectivity index (χ0) is 9.30. The van der Waals surface area contributed by atoms with Crippen LogP contribution in [0.3, 0.4) is 0 Å². The lowest BCUT2D eigenvalue weighted by Crippen LogP contribution is -2.47. The van der Waals surface area contributed by atoms with Gasteiger partial charge < -0.3 is 10.0 Å². The van der Waals surface area contributed by atoms with Crippen LogP contribution >= 0.6 is 0 Å². The molecule has 1 fully saturated rings. The molecular formula is C8H13NO3. The largest absolute Gasteiger partial charge is 0.465 e. The van der Waals surface area contributed by atoms with E-state index < -0.39 is 6.09 Å². The molecule has 1 aliphatic heterocycles. The van der Waals surface area contributed by atoms with E-state index in [-0.39, 0.29) is 17.7 Å². The number of hydrogen-bond donors (Lipinski definition) is 1. The Morgan fingerprint density at radius 3 is 2.67 bits per heavy atom. The molecular weight excluding hydrogens is 158 g/mol. The Morgan fingerprint density at radius 2 is 2.17 bits per heavy atom. The highest BCUT2D eigenvalue weighted by Crippen LogP contribution is 2.18. The quantitative estimate of drug-likeness (QED) is 0.590. The van der Waals surface area contributed by atoms with Crippen molar-refractivity contribution in [1.29, 1.82) is 0 Å². The van der Waals surface area contributed by atoms with Crippen LogP contribution in [0, 0.1) is 5.92 Å². The molecule has 12 heavy (non-hydrogen) atoms. The number of hydrogen-bond acceptors (Lipinski definition) is 2. The summed E-state index contributed by atoms with van der Waals surface area (Å²) < 4.78 is 0. The van der Waals surface area contributed by atoms with Gasteiger partial charge in [0.05, 0.1) is 0 Å². The number of piperidine rings is 1. The lowest BCUT2D eigenvalue weighted by atomic mass is 9.94. The molecule has 0 aromatic rings. The van der Waals surface area contributed by atoms with Crippen molar-refractivity contribution >= 4 is 11.9 Å². The van der Waals surface area contributed by atoms with Gasteiger partial charge in [-0.15, -0.1) is 0 Å². The first kappa shape index (κ1) is 9.03. The van der Waals surface area contributed by atoms with Crippen LogP contribution < -0.4 is 0 Å². The topological polar surface area (TPSA) is 57.6 Å². The molecule has 1 aliphatic rings. The molecule has 0 aromatic heterocycles. The summed E-state index contributed by atoms with van der Waals surface area (Å²) in [5, 5.41) is 8.73. The molecule has 0 saturated carbocycles. The van der Waals surface area contributed by atoms with E-state index in [2.05, 4.69) is 0 Å². The van der Waals surface area contributed by atoms with Gasteiger partial charge in [-0.1, -0.05) is 6.92 Å². The van der Waals surface area contributed by atoms with E-state index in [1.807, 2.05) is 0 Å². The number of carboxylic acid groups (broad SMARTS) is 1. The van der Waals surface area contributed by atoms with Crippen molar-refractivity contribution in [3.8, 4) is 0 Å². The van der Waals surface area contributed by atoms with Gasteiger partial charge in [-0.05, 0) is 6.92 Å². The maximum atomic E-state index is 11.2. The van der Waals surface area contributed by atoms with Crippen LogP contribution in [-0.2, 0) is 4.79 Å². The number of carbonyl (C=O) groups excluding carboxylic acids is 1. The average Bonchev–Trinajstić information content (AvgIpc) is 1.96. The molecule has 4 nitrogen and oxygen atoms in total. The van der Waals surface area contributed by atoms with Crippen molar-refractivity contribution in [2.75, 3.05) is 6.54 Å². The fourth-order valence-corrected chi connectivity index (χ4v) is 1.45. The predicted molar refractivity (Wildman–Crippen MR) is 43.0 cm³/mol. The monoisotopic (exact) mass is 171 g/mol. The molecule has 0 bridgehead atoms. The predicted octanol–water partition coefficient (Wildman–Crippen LogP) is 0.964. The van der Waals surface area contributed by atoms with E-state index >= 15 is 0 Å². The van der Waals surface area contributed by atoms with Crippen LogP contribution in [0.2, 0.25) is 0 Å². The first-order valence-electron chi connectivity index (χ1n) is 4.04. The maximum Gasteiger partial charge on any atom is 0.407 e. The Morgan fingerprint density at radius 1 is 1.58 bits per heavy atom. The molecule has 1 rings (SSSR count). The van der Waals surface area contributed by atoms with Crippen molar-refractivity contribution in [3.63, 3.8) is 0 Å². The molecule has 0 aromatic carbocycles. The van der Waals surface area contributed by atoms with Gasteiger partial charge in [0.25, 0.3) is 0 Å². The number of rotatable bonds is 0. The van der Waals surface area contributed by atoms with Gasteiger partial charge in [0.15, 0.2) is 0 Å². The summed E-state index contributed by atoms with van der Waals surface area (Å²) in [6.45, 7) is 3.87. The van der Waals surface area contributed by atoms with Crippen LogP contribution in [0.5, 0.6) is 0 Å². The van der Waals surface area contributed by atoms with Gasteiger partial charge in [0.2, 0.25) is 0 Å². The van der Waals surface area contributed by atoms with E-state index in [9.17, 15) is 9.59 Å². The van der Waals surface area contributed by atoms with Gasteiger partial charge in [-0.2, -0.15) is 0 Å². The highest BCUT2D eigenvalue weighted by Gasteiger charge is 2.31. The SMILES string of the molecule is C[C@@H]1CC(=O)[C@@H](C)CN1C(=O)O. The molecule has 1 saturated heterocycles. The Bertz CT molecular complexity index is 214. The molecule has 1 heterocycles. The highest BCUT2D eigenvalue weighted by molar-refractivity contribution is 5.83. The smallest absolute Gasteiger partial charge is 0.407 e. The second kappa shape index (κ2) is 3.13. The number of nitrogens with zero attached hydrogens (tertiary/aromatic N) is 1. The first-order valence-corrected chi connectivity index (χ1v) is 4.04. The summed E-state index contributed by atoms with van der Waals surface area (Å²) in [5.41, 5.74) is 0. The molecule has 0 spiro atoms. The Labute approximate surface area is 71.2 Å². The van der Waals surface area contributed by atoms with Gasteiger partial charge >= 0.3 is 6.09 Å². The molecule has 4 heteroatoms. The van der Waals surface area contributed by atoms with Crippen molar-refractivity contribution in [2.24, 2.45) is 5.92 Å². The normalized spacial score (nSPS) is 30.5. The van der Waals surface area contributed by atoms with Crippen molar-refractivity contribution in [1.82, 2.24) is 4.90 Å². The minimum Gasteiger partial charge on any atom is -0.465 e. The van der Waals surface area contributed by atoms with Crippen molar-refractivity contribution in [3.05, 3.63) is 0 Å². The summed E-state index contributed by atoms with van der Waals surface area (Å²) in [4.78, 5) is 23.1. The van der Waals surface area contributed by atoms with Gasteiger partial charge in [-0.25, -0.2) is 4.79 Å². The zero-order valence-corrected chi connectivity index (χ0v) is 7.28. The second-order valence-corrected chi connectivity index (χ2v) is 3.36. The van der Waals surface area contributed by atoms with Gasteiger partial charge in [0.1, 0.15) is 5.78 Å². The Hall–Kier alpha value is -1.06. The molecule has 0 unspecified atom stereocenters. The minimum atomic E-state index is -0.929. The fraction of sp³-hybridized carbons (Fsp3) is 0.750. The molecule has 2 atom stereocenters. The maximum absolute atomic E-state index is 11.2. The van der Waals surface area contributed by atoms with Crippen LogP contribution in [0.1, 0.15) is 20.3 Å². The van der Waals surface area contributed by atoms with E-state index in [1.54, 1.807) is 13.8 Å². The van der Waals surface area contributed by atoms with Crippen LogP contribution in [0.25, 0.3) is 0 Å². The summed E-state index contributed by atoms with van der Waals surface area (Å²) in [6.07, 6.45) is -0.574. The number of carbonyl (C=O) groups is 2. The molecule has 68 valence electrons. The van der Waals surface area contributed by atoms with Gasteiger partial charge in [0, 0.05) is 24.9 Å².